The van der Waals surface area contributed by atoms with Crippen LogP contribution in [-0.4, -0.2) is 26.5 Å². The van der Waals surface area contributed by atoms with Crippen LogP contribution in [0.1, 0.15) is 10.5 Å². The average Bonchev–Trinajstić information content (AvgIpc) is 2.84. The summed E-state index contributed by atoms with van der Waals surface area (Å²) >= 11 is 0. The molecule has 1 amide bonds. The first-order valence-corrected chi connectivity index (χ1v) is 5.90. The molecule has 0 aliphatic heterocycles. The first-order chi connectivity index (χ1) is 9.97. The molecule has 0 aliphatic rings. The fraction of sp³-hybridized carbons (Fsp3) is 0.0769. The first-order valence-electron chi connectivity index (χ1n) is 5.90. The van der Waals surface area contributed by atoms with Crippen LogP contribution in [0.3, 0.4) is 0 Å². The summed E-state index contributed by atoms with van der Waals surface area (Å²) in [5, 5.41) is 22.2. The van der Waals surface area contributed by atoms with E-state index in [9.17, 15) is 19.7 Å². The molecule has 21 heavy (non-hydrogen) atoms. The lowest BCUT2D eigenvalue weighted by Crippen LogP contribution is -2.20. The quantitative estimate of drug-likeness (QED) is 0.642. The van der Waals surface area contributed by atoms with Crippen LogP contribution in [0.4, 0.5) is 11.4 Å². The number of carbonyl (C=O) groups is 2. The summed E-state index contributed by atoms with van der Waals surface area (Å²) in [5.74, 6) is -1.81. The van der Waals surface area contributed by atoms with Gasteiger partial charge in [-0.3, -0.25) is 14.9 Å². The smallest absolute Gasteiger partial charge is 0.352 e. The standard InChI is InChI=1S/C13H11N3O5/c17-12(14-9-4-2-1-3-5-9)8-15-7-10(16(20)21)6-11(15)13(18)19/h1-7H,8H2,(H,14,17)(H,18,19). The molecule has 0 aliphatic carbocycles. The first kappa shape index (κ1) is 14.3. The summed E-state index contributed by atoms with van der Waals surface area (Å²) in [5.41, 5.74) is -0.133. The predicted molar refractivity (Wildman–Crippen MR) is 73.1 cm³/mol. The zero-order chi connectivity index (χ0) is 15.4. The van der Waals surface area contributed by atoms with Crippen molar-refractivity contribution in [3.05, 3.63) is 58.4 Å². The minimum atomic E-state index is -1.34. The van der Waals surface area contributed by atoms with Crippen molar-refractivity contribution >= 4 is 23.3 Å². The Balaban J connectivity index is 2.16. The molecule has 0 spiro atoms. The van der Waals surface area contributed by atoms with Crippen molar-refractivity contribution in [2.45, 2.75) is 6.54 Å². The van der Waals surface area contributed by atoms with Crippen molar-refractivity contribution in [1.29, 1.82) is 0 Å². The third kappa shape index (κ3) is 3.44. The van der Waals surface area contributed by atoms with Gasteiger partial charge in [0.1, 0.15) is 12.2 Å². The van der Waals surface area contributed by atoms with Crippen LogP contribution in [0, 0.1) is 10.1 Å². The molecule has 8 heteroatoms. The average molecular weight is 289 g/mol. The Morgan fingerprint density at radius 2 is 1.95 bits per heavy atom. The number of nitro groups is 1. The molecule has 0 saturated carbocycles. The van der Waals surface area contributed by atoms with Gasteiger partial charge in [-0.1, -0.05) is 18.2 Å². The van der Waals surface area contributed by atoms with E-state index in [-0.39, 0.29) is 17.9 Å². The van der Waals surface area contributed by atoms with Crippen LogP contribution in [0.15, 0.2) is 42.6 Å². The van der Waals surface area contributed by atoms with Gasteiger partial charge >= 0.3 is 5.97 Å². The van der Waals surface area contributed by atoms with Gasteiger partial charge in [0.05, 0.1) is 11.1 Å². The maximum atomic E-state index is 11.8. The lowest BCUT2D eigenvalue weighted by atomic mass is 10.3. The number of benzene rings is 1. The van der Waals surface area contributed by atoms with Crippen molar-refractivity contribution in [2.75, 3.05) is 5.32 Å². The Hall–Kier alpha value is -3.16. The molecule has 2 N–H and O–H groups in total. The summed E-state index contributed by atoms with van der Waals surface area (Å²) in [6.45, 7) is -0.329. The van der Waals surface area contributed by atoms with Gasteiger partial charge in [-0.05, 0) is 12.1 Å². The second kappa shape index (κ2) is 5.87. The lowest BCUT2D eigenvalue weighted by Gasteiger charge is -2.07. The summed E-state index contributed by atoms with van der Waals surface area (Å²) < 4.78 is 1.03. The Morgan fingerprint density at radius 1 is 1.29 bits per heavy atom. The van der Waals surface area contributed by atoms with Crippen molar-refractivity contribution in [3.63, 3.8) is 0 Å². The molecule has 0 saturated heterocycles. The number of anilines is 1. The number of aromatic carboxylic acids is 1. The largest absolute Gasteiger partial charge is 0.477 e. The number of rotatable bonds is 5. The van der Waals surface area contributed by atoms with Gasteiger partial charge in [0.2, 0.25) is 5.91 Å². The van der Waals surface area contributed by atoms with E-state index in [4.69, 9.17) is 5.11 Å². The number of aromatic nitrogens is 1. The van der Waals surface area contributed by atoms with E-state index in [2.05, 4.69) is 5.32 Å². The van der Waals surface area contributed by atoms with Gasteiger partial charge < -0.3 is 15.0 Å². The molecular weight excluding hydrogens is 278 g/mol. The minimum absolute atomic E-state index is 0.315. The fourth-order valence-corrected chi connectivity index (χ4v) is 1.78. The Bertz CT molecular complexity index is 693. The van der Waals surface area contributed by atoms with Crippen molar-refractivity contribution in [2.24, 2.45) is 0 Å². The molecule has 2 rings (SSSR count). The van der Waals surface area contributed by atoms with E-state index < -0.39 is 16.8 Å². The third-order valence-electron chi connectivity index (χ3n) is 2.68. The van der Waals surface area contributed by atoms with E-state index in [1.807, 2.05) is 0 Å². The number of carboxylic acids is 1. The molecule has 1 aromatic carbocycles. The molecule has 0 radical (unpaired) electrons. The summed E-state index contributed by atoms with van der Waals surface area (Å²) in [4.78, 5) is 32.8. The van der Waals surface area contributed by atoms with E-state index in [1.165, 1.54) is 0 Å². The van der Waals surface area contributed by atoms with Gasteiger partial charge in [0.15, 0.2) is 0 Å². The van der Waals surface area contributed by atoms with Crippen molar-refractivity contribution < 1.29 is 19.6 Å². The molecule has 0 atom stereocenters. The molecule has 0 fully saturated rings. The predicted octanol–water partition coefficient (Wildman–Crippen LogP) is 1.73. The molecule has 2 aromatic rings. The highest BCUT2D eigenvalue weighted by Crippen LogP contribution is 2.17. The van der Waals surface area contributed by atoms with Crippen LogP contribution < -0.4 is 5.32 Å². The lowest BCUT2D eigenvalue weighted by molar-refractivity contribution is -0.384. The number of carboxylic acid groups (broad SMARTS) is 1. The third-order valence-corrected chi connectivity index (χ3v) is 2.68. The molecular formula is C13H11N3O5. The zero-order valence-electron chi connectivity index (χ0n) is 10.7. The minimum Gasteiger partial charge on any atom is -0.477 e. The number of nitrogens with one attached hydrogen (secondary N) is 1. The Labute approximate surface area is 118 Å². The molecule has 1 aromatic heterocycles. The number of para-hydroxylation sites is 1. The van der Waals surface area contributed by atoms with Gasteiger partial charge in [-0.25, -0.2) is 4.79 Å². The van der Waals surface area contributed by atoms with Crippen molar-refractivity contribution in [1.82, 2.24) is 4.57 Å². The highest BCUT2D eigenvalue weighted by molar-refractivity contribution is 5.92. The second-order valence-electron chi connectivity index (χ2n) is 4.19. The van der Waals surface area contributed by atoms with Crippen LogP contribution in [0.5, 0.6) is 0 Å². The molecule has 1 heterocycles. The maximum absolute atomic E-state index is 11.8. The van der Waals surface area contributed by atoms with E-state index in [0.717, 1.165) is 16.8 Å². The van der Waals surface area contributed by atoms with E-state index in [0.29, 0.717) is 5.69 Å². The summed E-state index contributed by atoms with van der Waals surface area (Å²) in [6, 6.07) is 9.52. The topological polar surface area (TPSA) is 114 Å². The number of hydrogen-bond acceptors (Lipinski definition) is 4. The summed E-state index contributed by atoms with van der Waals surface area (Å²) in [7, 11) is 0. The van der Waals surface area contributed by atoms with Crippen LogP contribution in [0.2, 0.25) is 0 Å². The number of carbonyl (C=O) groups excluding carboxylic acids is 1. The Kier molecular flexibility index (Phi) is 3.98. The van der Waals surface area contributed by atoms with E-state index in [1.54, 1.807) is 30.3 Å². The van der Waals surface area contributed by atoms with Gasteiger partial charge in [-0.15, -0.1) is 0 Å². The van der Waals surface area contributed by atoms with Gasteiger partial charge in [-0.2, -0.15) is 0 Å². The highest BCUT2D eigenvalue weighted by atomic mass is 16.6. The number of hydrogen-bond donors (Lipinski definition) is 2. The van der Waals surface area contributed by atoms with Crippen LogP contribution in [0.25, 0.3) is 0 Å². The van der Waals surface area contributed by atoms with Crippen LogP contribution >= 0.6 is 0 Å². The summed E-state index contributed by atoms with van der Waals surface area (Å²) in [6.07, 6.45) is 1.02. The second-order valence-corrected chi connectivity index (χ2v) is 4.19. The van der Waals surface area contributed by atoms with Gasteiger partial charge in [0, 0.05) is 11.8 Å². The Morgan fingerprint density at radius 3 is 2.52 bits per heavy atom. The van der Waals surface area contributed by atoms with E-state index >= 15 is 0 Å². The van der Waals surface area contributed by atoms with Crippen LogP contribution in [-0.2, 0) is 11.3 Å². The fourth-order valence-electron chi connectivity index (χ4n) is 1.78. The number of nitrogens with zero attached hydrogens (tertiary/aromatic N) is 2. The number of amides is 1. The monoisotopic (exact) mass is 289 g/mol. The molecule has 0 bridgehead atoms. The SMILES string of the molecule is O=C(Cn1cc([N+](=O)[O-])cc1C(=O)O)Nc1ccccc1. The molecule has 108 valence electrons. The van der Waals surface area contributed by atoms with Gasteiger partial charge in [0.25, 0.3) is 5.69 Å². The highest BCUT2D eigenvalue weighted by Gasteiger charge is 2.20. The maximum Gasteiger partial charge on any atom is 0.352 e. The van der Waals surface area contributed by atoms with Crippen molar-refractivity contribution in [3.8, 4) is 0 Å². The normalized spacial score (nSPS) is 10.1. The molecule has 8 nitrogen and oxygen atoms in total. The molecule has 0 unspecified atom stereocenters. The zero-order valence-corrected chi connectivity index (χ0v) is 10.7.